The Morgan fingerprint density at radius 3 is 2.21 bits per heavy atom. The van der Waals surface area contributed by atoms with Crippen LogP contribution in [-0.4, -0.2) is 84.5 Å². The molecule has 2 heterocycles. The number of hydrogen-bond acceptors (Lipinski definition) is 9. The number of anilines is 1. The van der Waals surface area contributed by atoms with Crippen molar-refractivity contribution in [3.63, 3.8) is 0 Å². The molecule has 0 bridgehead atoms. The van der Waals surface area contributed by atoms with Crippen LogP contribution in [0.15, 0.2) is 78.2 Å². The molecule has 310 valence electrons. The van der Waals surface area contributed by atoms with Gasteiger partial charge in [0.05, 0.1) is 35.6 Å². The van der Waals surface area contributed by atoms with Crippen molar-refractivity contribution in [2.75, 3.05) is 19.0 Å². The highest BCUT2D eigenvalue weighted by Gasteiger charge is 2.36. The minimum Gasteiger partial charge on any atom is -0.391 e. The third-order valence-corrected chi connectivity index (χ3v) is 11.9. The maximum Gasteiger partial charge on any atom is 0.243 e. The molecule has 0 spiro atoms. The molecule has 0 fully saturated rings. The number of hydrogen-bond donors (Lipinski definition) is 6. The number of benzene rings is 2. The number of carbonyl (C=O) groups excluding carboxylic acids is 3. The van der Waals surface area contributed by atoms with Gasteiger partial charge in [-0.05, 0) is 54.9 Å². The molecular formula is C42H60N8O6S. The quantitative estimate of drug-likeness (QED) is 0.0711. The highest BCUT2D eigenvalue weighted by molar-refractivity contribution is 7.89. The van der Waals surface area contributed by atoms with E-state index in [1.807, 2.05) is 78.7 Å². The minimum absolute atomic E-state index is 0.00883. The lowest BCUT2D eigenvalue weighted by Crippen LogP contribution is -2.55. The Balaban J connectivity index is 1.55. The molecule has 15 heteroatoms. The van der Waals surface area contributed by atoms with Gasteiger partial charge >= 0.3 is 0 Å². The second-order valence-corrected chi connectivity index (χ2v) is 17.5. The maximum atomic E-state index is 14.2. The lowest BCUT2D eigenvalue weighted by Gasteiger charge is -2.32. The number of fused-ring (bicyclic) bond motifs is 1. The molecule has 2 aromatic heterocycles. The largest absolute Gasteiger partial charge is 0.391 e. The Labute approximate surface area is 337 Å². The maximum absolute atomic E-state index is 14.2. The Bertz CT molecular complexity index is 2020. The average molecular weight is 805 g/mol. The third kappa shape index (κ3) is 12.3. The Kier molecular flexibility index (Phi) is 16.2. The van der Waals surface area contributed by atoms with E-state index < -0.39 is 46.1 Å². The predicted octanol–water partition coefficient (Wildman–Crippen LogP) is 4.31. The summed E-state index contributed by atoms with van der Waals surface area (Å²) in [4.78, 5) is 54.7. The Morgan fingerprint density at radius 1 is 0.877 bits per heavy atom. The number of aromatic amines is 1. The monoisotopic (exact) mass is 804 g/mol. The van der Waals surface area contributed by atoms with Crippen LogP contribution in [0.5, 0.6) is 0 Å². The van der Waals surface area contributed by atoms with Gasteiger partial charge in [-0.25, -0.2) is 13.4 Å². The standard InChI is InChI=1S/C42H60N8O6S/c1-9-28(6)39(42(54)45-24-29-14-10-11-19-44-29)48-40(52)33(27(4)5)22-37(51)34(20-26(2)3)47-41(53)35(21-30-23-43-25-46-30)49-57(55,56)38-18-13-15-31-32(38)16-12-17-36(31)50(7)8/h10-19,23,25-28,33-35,37,39,49,51H,9,20-22,24H2,1-8H3,(H,43,46)(H,45,54)(H,47,53)(H,48,52)/t28-,33-,34-,35-,37-,39-/m0/s1. The van der Waals surface area contributed by atoms with Crippen LogP contribution < -0.4 is 25.6 Å². The molecule has 2 aromatic carbocycles. The van der Waals surface area contributed by atoms with Crippen LogP contribution in [0.2, 0.25) is 0 Å². The highest BCUT2D eigenvalue weighted by atomic mass is 32.2. The van der Waals surface area contributed by atoms with Gasteiger partial charge in [-0.15, -0.1) is 0 Å². The number of H-pyrrole nitrogens is 1. The van der Waals surface area contributed by atoms with E-state index in [4.69, 9.17) is 0 Å². The summed E-state index contributed by atoms with van der Waals surface area (Å²) >= 11 is 0. The fraction of sp³-hybridized carbons (Fsp3) is 0.500. The van der Waals surface area contributed by atoms with Crippen molar-refractivity contribution >= 4 is 44.2 Å². The summed E-state index contributed by atoms with van der Waals surface area (Å²) in [5.41, 5.74) is 2.06. The van der Waals surface area contributed by atoms with Gasteiger partial charge in [0.1, 0.15) is 12.1 Å². The minimum atomic E-state index is -4.26. The van der Waals surface area contributed by atoms with Crippen molar-refractivity contribution in [2.45, 2.75) is 103 Å². The molecule has 0 aliphatic carbocycles. The molecule has 4 rings (SSSR count). The Hall–Kier alpha value is -4.86. The molecule has 0 aliphatic heterocycles. The molecule has 0 unspecified atom stereocenters. The second kappa shape index (κ2) is 20.5. The molecular weight excluding hydrogens is 745 g/mol. The topological polar surface area (TPSA) is 199 Å². The molecule has 3 amide bonds. The summed E-state index contributed by atoms with van der Waals surface area (Å²) in [6.45, 7) is 11.7. The fourth-order valence-electron chi connectivity index (χ4n) is 6.91. The average Bonchev–Trinajstić information content (AvgIpc) is 3.69. The summed E-state index contributed by atoms with van der Waals surface area (Å²) in [5.74, 6) is -2.43. The third-order valence-electron chi connectivity index (χ3n) is 10.3. The zero-order valence-electron chi connectivity index (χ0n) is 34.3. The van der Waals surface area contributed by atoms with Crippen LogP contribution in [-0.2, 0) is 37.4 Å². The van der Waals surface area contributed by atoms with Gasteiger partial charge in [-0.1, -0.05) is 78.3 Å². The molecule has 6 atom stereocenters. The number of aromatic nitrogens is 3. The first-order chi connectivity index (χ1) is 27.0. The number of imidazole rings is 1. The number of amides is 3. The summed E-state index contributed by atoms with van der Waals surface area (Å²) in [6.07, 6.45) is 4.38. The molecule has 0 saturated carbocycles. The van der Waals surface area contributed by atoms with E-state index in [0.29, 0.717) is 29.6 Å². The molecule has 0 aliphatic rings. The molecule has 57 heavy (non-hydrogen) atoms. The predicted molar refractivity (Wildman–Crippen MR) is 222 cm³/mol. The SMILES string of the molecule is CC[C@H](C)[C@H](NC(=O)[C@@H](C[C@H](O)[C@H](CC(C)C)NC(=O)[C@H](Cc1cnc[nH]1)NS(=O)(=O)c1cccc2c(N(C)C)cccc12)C(C)C)C(=O)NCc1ccccn1. The van der Waals surface area contributed by atoms with Gasteiger partial charge in [0, 0.05) is 61.0 Å². The zero-order chi connectivity index (χ0) is 41.9. The lowest BCUT2D eigenvalue weighted by atomic mass is 9.85. The van der Waals surface area contributed by atoms with Crippen molar-refractivity contribution in [2.24, 2.45) is 23.7 Å². The zero-order valence-corrected chi connectivity index (χ0v) is 35.1. The number of rotatable bonds is 21. The van der Waals surface area contributed by atoms with E-state index in [9.17, 15) is 27.9 Å². The first kappa shape index (κ1) is 44.8. The van der Waals surface area contributed by atoms with E-state index in [2.05, 4.69) is 35.6 Å². The van der Waals surface area contributed by atoms with E-state index >= 15 is 0 Å². The number of nitrogens with zero attached hydrogens (tertiary/aromatic N) is 3. The van der Waals surface area contributed by atoms with E-state index in [1.54, 1.807) is 36.5 Å². The van der Waals surface area contributed by atoms with Crippen LogP contribution in [0.3, 0.4) is 0 Å². The molecule has 4 aromatic rings. The van der Waals surface area contributed by atoms with Gasteiger partial charge in [0.2, 0.25) is 27.7 Å². The molecule has 6 N–H and O–H groups in total. The van der Waals surface area contributed by atoms with E-state index in [-0.39, 0.29) is 53.8 Å². The van der Waals surface area contributed by atoms with E-state index in [0.717, 1.165) is 11.1 Å². The van der Waals surface area contributed by atoms with Crippen molar-refractivity contribution < 1.29 is 27.9 Å². The lowest BCUT2D eigenvalue weighted by molar-refractivity contribution is -0.134. The highest BCUT2D eigenvalue weighted by Crippen LogP contribution is 2.30. The number of carbonyl (C=O) groups is 3. The van der Waals surface area contributed by atoms with Crippen LogP contribution in [0.1, 0.15) is 72.2 Å². The molecule has 0 saturated heterocycles. The van der Waals surface area contributed by atoms with Gasteiger partial charge < -0.3 is 30.9 Å². The van der Waals surface area contributed by atoms with Crippen molar-refractivity contribution in [1.82, 2.24) is 35.6 Å². The van der Waals surface area contributed by atoms with Crippen LogP contribution in [0.25, 0.3) is 10.8 Å². The number of aliphatic hydroxyl groups excluding tert-OH is 1. The number of sulfonamides is 1. The van der Waals surface area contributed by atoms with Crippen LogP contribution >= 0.6 is 0 Å². The number of pyridine rings is 1. The van der Waals surface area contributed by atoms with Gasteiger partial charge in [-0.3, -0.25) is 19.4 Å². The number of aliphatic hydroxyl groups is 1. The van der Waals surface area contributed by atoms with Crippen molar-refractivity contribution in [3.8, 4) is 0 Å². The first-order valence-corrected chi connectivity index (χ1v) is 21.2. The van der Waals surface area contributed by atoms with Gasteiger partial charge in [0.15, 0.2) is 0 Å². The van der Waals surface area contributed by atoms with Crippen LogP contribution in [0, 0.1) is 23.7 Å². The normalized spacial score (nSPS) is 15.1. The van der Waals surface area contributed by atoms with Gasteiger partial charge in [-0.2, -0.15) is 4.72 Å². The summed E-state index contributed by atoms with van der Waals surface area (Å²) in [5, 5.41) is 21.8. The Morgan fingerprint density at radius 2 is 1.60 bits per heavy atom. The first-order valence-electron chi connectivity index (χ1n) is 19.7. The summed E-state index contributed by atoms with van der Waals surface area (Å²) in [6, 6.07) is 13.0. The van der Waals surface area contributed by atoms with Gasteiger partial charge in [0.25, 0.3) is 0 Å². The van der Waals surface area contributed by atoms with Crippen molar-refractivity contribution in [1.29, 1.82) is 0 Å². The molecule has 0 radical (unpaired) electrons. The number of nitrogens with one attached hydrogen (secondary N) is 5. The summed E-state index contributed by atoms with van der Waals surface area (Å²) in [7, 11) is -0.500. The smallest absolute Gasteiger partial charge is 0.243 e. The van der Waals surface area contributed by atoms with E-state index in [1.165, 1.54) is 18.6 Å². The van der Waals surface area contributed by atoms with Crippen molar-refractivity contribution in [3.05, 3.63) is 84.7 Å². The second-order valence-electron chi connectivity index (χ2n) is 15.8. The van der Waals surface area contributed by atoms with Crippen LogP contribution in [0.4, 0.5) is 5.69 Å². The molecule has 14 nitrogen and oxygen atoms in total. The fourth-order valence-corrected chi connectivity index (χ4v) is 8.32. The summed E-state index contributed by atoms with van der Waals surface area (Å²) < 4.78 is 30.9.